The molecule has 2 aliphatic heterocycles. The molecule has 0 fully saturated rings. The van der Waals surface area contributed by atoms with E-state index in [2.05, 4.69) is 79.9 Å². The van der Waals surface area contributed by atoms with E-state index in [0.717, 1.165) is 58.8 Å². The van der Waals surface area contributed by atoms with E-state index in [0.29, 0.717) is 34.1 Å². The Balaban J connectivity index is 0.000000201. The molecule has 0 N–H and O–H groups in total. The van der Waals surface area contributed by atoms with Crippen molar-refractivity contribution in [2.75, 3.05) is 56.1 Å². The first-order valence-electron chi connectivity index (χ1n) is 19.7. The minimum Gasteiger partial charge on any atom is -0.378 e. The molecular formula is C46H52N12O. The summed E-state index contributed by atoms with van der Waals surface area (Å²) in [6.07, 6.45) is 0. The van der Waals surface area contributed by atoms with Gasteiger partial charge in [0.2, 0.25) is 5.82 Å². The van der Waals surface area contributed by atoms with Crippen molar-refractivity contribution in [3.63, 3.8) is 0 Å². The lowest BCUT2D eigenvalue weighted by molar-refractivity contribution is -0.114. The lowest BCUT2D eigenvalue weighted by Gasteiger charge is -2.20. The number of nitriles is 1. The maximum atomic E-state index is 13.1. The molecule has 0 spiro atoms. The Morgan fingerprint density at radius 2 is 1.49 bits per heavy atom. The zero-order valence-corrected chi connectivity index (χ0v) is 35.8. The number of fused-ring (bicyclic) bond motifs is 1. The van der Waals surface area contributed by atoms with Crippen molar-refractivity contribution < 1.29 is 4.79 Å². The molecule has 0 unspecified atom stereocenters. The van der Waals surface area contributed by atoms with Gasteiger partial charge in [0, 0.05) is 57.9 Å². The number of aliphatic imine (C=N–C) groups is 1. The molecule has 1 amide bonds. The normalized spacial score (nSPS) is 14.9. The summed E-state index contributed by atoms with van der Waals surface area (Å²) < 4.78 is 1.82. The molecule has 5 aromatic rings. The molecule has 3 aromatic carbocycles. The van der Waals surface area contributed by atoms with Gasteiger partial charge < -0.3 is 14.7 Å². The minimum absolute atomic E-state index is 0.202. The third-order valence-corrected chi connectivity index (χ3v) is 9.91. The molecule has 0 aliphatic carbocycles. The predicted octanol–water partition coefficient (Wildman–Crippen LogP) is 8.14. The first kappa shape index (κ1) is 41.7. The van der Waals surface area contributed by atoms with E-state index in [-0.39, 0.29) is 11.3 Å². The van der Waals surface area contributed by atoms with Gasteiger partial charge in [0.1, 0.15) is 23.2 Å². The summed E-state index contributed by atoms with van der Waals surface area (Å²) in [7, 11) is 7.52. The third-order valence-electron chi connectivity index (χ3n) is 9.91. The van der Waals surface area contributed by atoms with Gasteiger partial charge in [-0.2, -0.15) is 20.0 Å². The van der Waals surface area contributed by atoms with Crippen LogP contribution in [0.5, 0.6) is 0 Å². The van der Waals surface area contributed by atoms with Gasteiger partial charge in [0.05, 0.1) is 28.4 Å². The summed E-state index contributed by atoms with van der Waals surface area (Å²) >= 11 is 0. The van der Waals surface area contributed by atoms with Gasteiger partial charge in [-0.05, 0) is 75.7 Å². The Morgan fingerprint density at radius 1 is 0.814 bits per heavy atom. The van der Waals surface area contributed by atoms with Crippen molar-refractivity contribution in [3.05, 3.63) is 119 Å². The molecule has 2 aromatic heterocycles. The number of hydrogen-bond acceptors (Lipinski definition) is 11. The van der Waals surface area contributed by atoms with E-state index < -0.39 is 0 Å². The number of aromatic nitrogens is 4. The molecule has 13 nitrogen and oxygen atoms in total. The molecule has 0 bridgehead atoms. The Hall–Kier alpha value is -6.94. The fourth-order valence-electron chi connectivity index (χ4n) is 6.71. The van der Waals surface area contributed by atoms with Crippen LogP contribution in [0.3, 0.4) is 0 Å². The number of para-hydroxylation sites is 1. The average Bonchev–Trinajstić information content (AvgIpc) is 3.90. The van der Waals surface area contributed by atoms with Gasteiger partial charge in [-0.3, -0.25) is 4.79 Å². The molecule has 302 valence electrons. The first-order valence-corrected chi connectivity index (χ1v) is 19.7. The molecule has 0 saturated heterocycles. The van der Waals surface area contributed by atoms with E-state index in [1.807, 2.05) is 124 Å². The molecule has 2 aliphatic rings. The van der Waals surface area contributed by atoms with Crippen LogP contribution >= 0.6 is 0 Å². The van der Waals surface area contributed by atoms with E-state index in [9.17, 15) is 10.1 Å². The molecular weight excluding hydrogens is 737 g/mol. The van der Waals surface area contributed by atoms with Gasteiger partial charge in [-0.15, -0.1) is 15.3 Å². The zero-order valence-electron chi connectivity index (χ0n) is 35.8. The predicted molar refractivity (Wildman–Crippen MR) is 240 cm³/mol. The van der Waals surface area contributed by atoms with Crippen LogP contribution in [0.2, 0.25) is 0 Å². The fourth-order valence-corrected chi connectivity index (χ4v) is 6.71. The number of likely N-dealkylation sites (N-methyl/N-ethyl adjacent to an activating group) is 1. The van der Waals surface area contributed by atoms with Gasteiger partial charge >= 0.3 is 0 Å². The summed E-state index contributed by atoms with van der Waals surface area (Å²) in [5.41, 5.74) is 8.30. The number of nitrogens with zero attached hydrogens (tertiary/aromatic N) is 12. The number of carbonyl (C=O) groups excluding carboxylic acids is 1. The van der Waals surface area contributed by atoms with Crippen LogP contribution in [0.25, 0.3) is 17.0 Å². The molecule has 7 rings (SSSR count). The van der Waals surface area contributed by atoms with Crippen molar-refractivity contribution in [2.45, 2.75) is 48.5 Å². The minimum atomic E-state index is -0.307. The number of pyridine rings is 1. The number of anilines is 3. The highest BCUT2D eigenvalue weighted by Gasteiger charge is 2.37. The van der Waals surface area contributed by atoms with E-state index in [1.165, 1.54) is 10.6 Å². The Morgan fingerprint density at radius 3 is 2.07 bits per heavy atom. The van der Waals surface area contributed by atoms with Crippen molar-refractivity contribution in [3.8, 4) is 17.5 Å². The van der Waals surface area contributed by atoms with Crippen LogP contribution in [-0.4, -0.2) is 89.2 Å². The van der Waals surface area contributed by atoms with Crippen LogP contribution < -0.4 is 14.8 Å². The topological polar surface area (TPSA) is 134 Å². The summed E-state index contributed by atoms with van der Waals surface area (Å²) in [6.45, 7) is 16.6. The largest absolute Gasteiger partial charge is 0.378 e. The second-order valence-corrected chi connectivity index (χ2v) is 15.7. The number of amides is 1. The molecule has 0 atom stereocenters. The molecule has 59 heavy (non-hydrogen) atoms. The number of allylic oxidation sites excluding steroid dienone is 1. The first-order chi connectivity index (χ1) is 28.2. The maximum absolute atomic E-state index is 13.1. The maximum Gasteiger partial charge on any atom is 0.283 e. The third kappa shape index (κ3) is 8.67. The zero-order chi connectivity index (χ0) is 42.6. The standard InChI is InChI=1S/C25H31N7.C21H21N5O/c1-8-31(9-2)20-14-13-19(17(4)26-20)27-21-22(25(5,6)7)30-32-23(28-29-24(21)32)18-12-10-11-16(3)15-18;1-24(2)16-12-10-15(11-13-16)18(14-22)19-20(25(3)4)23-26(21(19)27)17-8-6-5-7-9-17/h10-15H,8-9H2,1-7H3;5-13H,1-4H3/b;19-18-. The van der Waals surface area contributed by atoms with E-state index in [1.54, 1.807) is 4.90 Å². The van der Waals surface area contributed by atoms with Crippen molar-refractivity contribution in [2.24, 2.45) is 20.6 Å². The lowest BCUT2D eigenvalue weighted by Crippen LogP contribution is -2.27. The highest BCUT2D eigenvalue weighted by Crippen LogP contribution is 2.33. The summed E-state index contributed by atoms with van der Waals surface area (Å²) in [5.74, 6) is 2.52. The van der Waals surface area contributed by atoms with Crippen molar-refractivity contribution >= 4 is 51.6 Å². The van der Waals surface area contributed by atoms with Gasteiger partial charge in [-0.25, -0.2) is 9.98 Å². The van der Waals surface area contributed by atoms with Crippen molar-refractivity contribution in [1.29, 1.82) is 5.26 Å². The average molecular weight is 789 g/mol. The smallest absolute Gasteiger partial charge is 0.283 e. The second-order valence-electron chi connectivity index (χ2n) is 15.7. The van der Waals surface area contributed by atoms with Gasteiger partial charge in [0.15, 0.2) is 11.7 Å². The SMILES string of the molecule is CCN(CC)c1ccc(N=C2C(C(C)(C)C)=Nn3c2nnc3-c2cccc(C)c2)c(C)n1.CN(C)C1=NN(c2ccccc2)C(=O)/C1=C(/C#N)c1ccc(N(C)C)cc1. The number of benzene rings is 3. The number of hydrazone groups is 1. The van der Waals surface area contributed by atoms with Crippen LogP contribution in [0.15, 0.2) is 112 Å². The second kappa shape index (κ2) is 17.3. The summed E-state index contributed by atoms with van der Waals surface area (Å²) in [5, 5.41) is 29.5. The van der Waals surface area contributed by atoms with Gasteiger partial charge in [0.25, 0.3) is 5.91 Å². The number of hydrogen-bond donors (Lipinski definition) is 0. The van der Waals surface area contributed by atoms with Crippen LogP contribution in [0.4, 0.5) is 22.9 Å². The summed E-state index contributed by atoms with van der Waals surface area (Å²) in [4.78, 5) is 28.9. The number of carbonyl (C=O) groups is 1. The Kier molecular flexibility index (Phi) is 12.2. The van der Waals surface area contributed by atoms with Crippen LogP contribution in [0, 0.1) is 30.6 Å². The van der Waals surface area contributed by atoms with E-state index in [4.69, 9.17) is 15.1 Å². The van der Waals surface area contributed by atoms with Gasteiger partial charge in [-0.1, -0.05) is 74.9 Å². The molecule has 4 heterocycles. The number of amidine groups is 1. The summed E-state index contributed by atoms with van der Waals surface area (Å²) in [6, 6.07) is 31.3. The van der Waals surface area contributed by atoms with Crippen LogP contribution in [0.1, 0.15) is 57.3 Å². The molecule has 13 heteroatoms. The highest BCUT2D eigenvalue weighted by molar-refractivity contribution is 6.50. The van der Waals surface area contributed by atoms with Crippen molar-refractivity contribution in [1.82, 2.24) is 24.8 Å². The molecule has 0 radical (unpaired) electrons. The Labute approximate surface area is 347 Å². The quantitative estimate of drug-likeness (QED) is 0.114. The fraction of sp³-hybridized carbons (Fsp3) is 0.304. The monoisotopic (exact) mass is 788 g/mol. The number of aryl methyl sites for hydroxylation is 2. The lowest BCUT2D eigenvalue weighted by atomic mass is 9.87. The Bertz CT molecular complexity index is 2510. The van der Waals surface area contributed by atoms with E-state index >= 15 is 0 Å². The highest BCUT2D eigenvalue weighted by atomic mass is 16.2. The number of rotatable bonds is 8. The van der Waals surface area contributed by atoms with Crippen LogP contribution in [-0.2, 0) is 4.79 Å². The molecule has 0 saturated carbocycles.